The van der Waals surface area contributed by atoms with Gasteiger partial charge in [-0.05, 0) is 26.0 Å². The highest BCUT2D eigenvalue weighted by molar-refractivity contribution is 5.81. The maximum atomic E-state index is 11.5. The van der Waals surface area contributed by atoms with E-state index in [2.05, 4.69) is 10.3 Å². The molecule has 17 heavy (non-hydrogen) atoms. The van der Waals surface area contributed by atoms with Crippen LogP contribution in [0.1, 0.15) is 19.5 Å². The summed E-state index contributed by atoms with van der Waals surface area (Å²) in [5.74, 6) is 0.0282. The van der Waals surface area contributed by atoms with Crippen molar-refractivity contribution in [3.63, 3.8) is 0 Å². The van der Waals surface area contributed by atoms with Gasteiger partial charge < -0.3 is 16.0 Å². The molecule has 1 aromatic rings. The quantitative estimate of drug-likeness (QED) is 0.754. The first-order valence-corrected chi connectivity index (χ1v) is 5.87. The number of anilines is 1. The number of nitrogens with one attached hydrogen (secondary N) is 1. The number of hydrogen-bond donors (Lipinski definition) is 2. The number of hydrogen-bond acceptors (Lipinski definition) is 4. The SMILES string of the molecule is CCNC(=O)CN(CC)c1ccnc(CN)c1. The number of pyridine rings is 1. The molecule has 1 rings (SSSR count). The lowest BCUT2D eigenvalue weighted by Gasteiger charge is -2.22. The number of rotatable bonds is 6. The van der Waals surface area contributed by atoms with Crippen molar-refractivity contribution >= 4 is 11.6 Å². The maximum absolute atomic E-state index is 11.5. The van der Waals surface area contributed by atoms with E-state index in [1.54, 1.807) is 6.20 Å². The Labute approximate surface area is 102 Å². The van der Waals surface area contributed by atoms with Crippen molar-refractivity contribution in [2.24, 2.45) is 5.73 Å². The Morgan fingerprint density at radius 2 is 2.29 bits per heavy atom. The second-order valence-corrected chi connectivity index (χ2v) is 3.68. The topological polar surface area (TPSA) is 71.2 Å². The third kappa shape index (κ3) is 4.03. The van der Waals surface area contributed by atoms with Crippen LogP contribution in [0.4, 0.5) is 5.69 Å². The van der Waals surface area contributed by atoms with Crippen LogP contribution in [-0.2, 0) is 11.3 Å². The number of likely N-dealkylation sites (N-methyl/N-ethyl adjacent to an activating group) is 2. The van der Waals surface area contributed by atoms with Crippen LogP contribution in [0.15, 0.2) is 18.3 Å². The number of carbonyl (C=O) groups is 1. The van der Waals surface area contributed by atoms with Crippen molar-refractivity contribution < 1.29 is 4.79 Å². The van der Waals surface area contributed by atoms with Crippen molar-refractivity contribution in [2.75, 3.05) is 24.5 Å². The van der Waals surface area contributed by atoms with E-state index >= 15 is 0 Å². The van der Waals surface area contributed by atoms with Crippen LogP contribution in [0.5, 0.6) is 0 Å². The van der Waals surface area contributed by atoms with Gasteiger partial charge in [-0.15, -0.1) is 0 Å². The minimum Gasteiger partial charge on any atom is -0.362 e. The molecule has 1 aromatic heterocycles. The van der Waals surface area contributed by atoms with Crippen LogP contribution in [0.2, 0.25) is 0 Å². The van der Waals surface area contributed by atoms with Gasteiger partial charge in [-0.25, -0.2) is 0 Å². The Morgan fingerprint density at radius 3 is 2.88 bits per heavy atom. The first kappa shape index (κ1) is 13.4. The van der Waals surface area contributed by atoms with Gasteiger partial charge in [-0.1, -0.05) is 0 Å². The van der Waals surface area contributed by atoms with Gasteiger partial charge in [0.05, 0.1) is 12.2 Å². The van der Waals surface area contributed by atoms with Gasteiger partial charge in [-0.3, -0.25) is 9.78 Å². The second kappa shape index (κ2) is 6.85. The number of amides is 1. The first-order chi connectivity index (χ1) is 8.21. The number of nitrogens with zero attached hydrogens (tertiary/aromatic N) is 2. The molecule has 3 N–H and O–H groups in total. The molecule has 0 fully saturated rings. The molecule has 0 radical (unpaired) electrons. The summed E-state index contributed by atoms with van der Waals surface area (Å²) in [6, 6.07) is 3.81. The second-order valence-electron chi connectivity index (χ2n) is 3.68. The Hall–Kier alpha value is -1.62. The molecule has 0 unspecified atom stereocenters. The number of aromatic nitrogens is 1. The Kier molecular flexibility index (Phi) is 5.42. The Bertz CT molecular complexity index is 367. The highest BCUT2D eigenvalue weighted by Crippen LogP contribution is 2.13. The van der Waals surface area contributed by atoms with Crippen molar-refractivity contribution in [3.05, 3.63) is 24.0 Å². The van der Waals surface area contributed by atoms with Crippen molar-refractivity contribution in [1.82, 2.24) is 10.3 Å². The van der Waals surface area contributed by atoms with Crippen LogP contribution in [0, 0.1) is 0 Å². The van der Waals surface area contributed by atoms with E-state index < -0.39 is 0 Å². The van der Waals surface area contributed by atoms with Gasteiger partial charge in [0.1, 0.15) is 0 Å². The lowest BCUT2D eigenvalue weighted by molar-refractivity contribution is -0.119. The summed E-state index contributed by atoms with van der Waals surface area (Å²) in [5, 5.41) is 2.79. The van der Waals surface area contributed by atoms with E-state index in [1.165, 1.54) is 0 Å². The lowest BCUT2D eigenvalue weighted by atomic mass is 10.3. The molecule has 0 bridgehead atoms. The van der Waals surface area contributed by atoms with E-state index in [0.717, 1.165) is 17.9 Å². The van der Waals surface area contributed by atoms with Crippen molar-refractivity contribution in [2.45, 2.75) is 20.4 Å². The molecule has 0 atom stereocenters. The molecule has 0 saturated carbocycles. The average Bonchev–Trinajstić information content (AvgIpc) is 2.36. The zero-order chi connectivity index (χ0) is 12.7. The summed E-state index contributed by atoms with van der Waals surface area (Å²) in [6.07, 6.45) is 1.72. The summed E-state index contributed by atoms with van der Waals surface area (Å²) >= 11 is 0. The molecule has 0 aliphatic rings. The summed E-state index contributed by atoms with van der Waals surface area (Å²) in [5.41, 5.74) is 7.36. The predicted octanol–water partition coefficient (Wildman–Crippen LogP) is 0.503. The van der Waals surface area contributed by atoms with Crippen LogP contribution in [-0.4, -0.2) is 30.5 Å². The van der Waals surface area contributed by atoms with Gasteiger partial charge in [0.15, 0.2) is 0 Å². The molecule has 0 aliphatic heterocycles. The molecule has 5 nitrogen and oxygen atoms in total. The fourth-order valence-corrected chi connectivity index (χ4v) is 1.59. The van der Waals surface area contributed by atoms with Crippen molar-refractivity contribution in [1.29, 1.82) is 0 Å². The van der Waals surface area contributed by atoms with Gasteiger partial charge in [0, 0.05) is 31.5 Å². The molecule has 1 amide bonds. The van der Waals surface area contributed by atoms with E-state index in [9.17, 15) is 4.79 Å². The first-order valence-electron chi connectivity index (χ1n) is 5.87. The third-order valence-electron chi connectivity index (χ3n) is 2.46. The van der Waals surface area contributed by atoms with E-state index in [0.29, 0.717) is 19.6 Å². The Morgan fingerprint density at radius 1 is 1.53 bits per heavy atom. The summed E-state index contributed by atoms with van der Waals surface area (Å²) in [4.78, 5) is 17.7. The fraction of sp³-hybridized carbons (Fsp3) is 0.500. The molecule has 0 saturated heterocycles. The lowest BCUT2D eigenvalue weighted by Crippen LogP contribution is -2.37. The Balaban J connectivity index is 2.74. The normalized spacial score (nSPS) is 10.1. The smallest absolute Gasteiger partial charge is 0.239 e. The van der Waals surface area contributed by atoms with Crippen LogP contribution in [0.25, 0.3) is 0 Å². The molecule has 0 aliphatic carbocycles. The van der Waals surface area contributed by atoms with Crippen LogP contribution in [0.3, 0.4) is 0 Å². The van der Waals surface area contributed by atoms with Crippen molar-refractivity contribution in [3.8, 4) is 0 Å². The standard InChI is InChI=1S/C12H20N4O/c1-3-14-12(17)9-16(4-2)11-5-6-15-10(7-11)8-13/h5-7H,3-4,8-9,13H2,1-2H3,(H,14,17). The van der Waals surface area contributed by atoms with Gasteiger partial charge >= 0.3 is 0 Å². The molecule has 0 spiro atoms. The maximum Gasteiger partial charge on any atom is 0.239 e. The third-order valence-corrected chi connectivity index (χ3v) is 2.46. The van der Waals surface area contributed by atoms with Gasteiger partial charge in [0.2, 0.25) is 5.91 Å². The minimum atomic E-state index is 0.0282. The van der Waals surface area contributed by atoms with E-state index in [1.807, 2.05) is 30.9 Å². The molecule has 0 aromatic carbocycles. The highest BCUT2D eigenvalue weighted by Gasteiger charge is 2.09. The molecular weight excluding hydrogens is 216 g/mol. The van der Waals surface area contributed by atoms with E-state index in [4.69, 9.17) is 5.73 Å². The largest absolute Gasteiger partial charge is 0.362 e. The zero-order valence-electron chi connectivity index (χ0n) is 10.4. The summed E-state index contributed by atoms with van der Waals surface area (Å²) in [7, 11) is 0. The minimum absolute atomic E-state index is 0.0282. The zero-order valence-corrected chi connectivity index (χ0v) is 10.4. The van der Waals surface area contributed by atoms with E-state index in [-0.39, 0.29) is 5.91 Å². The summed E-state index contributed by atoms with van der Waals surface area (Å²) in [6.45, 7) is 6.12. The monoisotopic (exact) mass is 236 g/mol. The number of nitrogens with two attached hydrogens (primary N) is 1. The van der Waals surface area contributed by atoms with Crippen LogP contribution < -0.4 is 16.0 Å². The summed E-state index contributed by atoms with van der Waals surface area (Å²) < 4.78 is 0. The van der Waals surface area contributed by atoms with Gasteiger partial charge in [-0.2, -0.15) is 0 Å². The highest BCUT2D eigenvalue weighted by atomic mass is 16.2. The molecule has 94 valence electrons. The molecule has 5 heteroatoms. The fourth-order valence-electron chi connectivity index (χ4n) is 1.59. The predicted molar refractivity (Wildman–Crippen MR) is 68.7 cm³/mol. The van der Waals surface area contributed by atoms with Gasteiger partial charge in [0.25, 0.3) is 0 Å². The molecular formula is C12H20N4O. The molecule has 1 heterocycles. The van der Waals surface area contributed by atoms with Crippen LogP contribution >= 0.6 is 0 Å². The average molecular weight is 236 g/mol. The number of carbonyl (C=O) groups excluding carboxylic acids is 1.